The predicted molar refractivity (Wildman–Crippen MR) is 88.3 cm³/mol. The van der Waals surface area contributed by atoms with E-state index in [1.165, 1.54) is 6.07 Å². The Labute approximate surface area is 134 Å². The monoisotopic (exact) mass is 314 g/mol. The quantitative estimate of drug-likeness (QED) is 0.944. The smallest absolute Gasteiger partial charge is 0.272 e. The van der Waals surface area contributed by atoms with E-state index in [0.717, 1.165) is 0 Å². The third kappa shape index (κ3) is 3.26. The number of nitrogens with one attached hydrogen (secondary N) is 1. The molecule has 3 rings (SSSR count). The van der Waals surface area contributed by atoms with Gasteiger partial charge >= 0.3 is 0 Å². The number of rotatable bonds is 3. The molecule has 0 saturated carbocycles. The van der Waals surface area contributed by atoms with Crippen molar-refractivity contribution in [2.75, 3.05) is 43.4 Å². The number of carbonyl (C=O) groups excluding carboxylic acids is 1. The number of amides is 1. The minimum Gasteiger partial charge on any atom is -0.373 e. The van der Waals surface area contributed by atoms with E-state index >= 15 is 0 Å². The first kappa shape index (κ1) is 15.3. The molecule has 23 heavy (non-hydrogen) atoms. The van der Waals surface area contributed by atoms with Crippen LogP contribution in [0.4, 0.5) is 15.9 Å². The molecule has 0 aliphatic carbocycles. The number of carbonyl (C=O) groups is 1. The van der Waals surface area contributed by atoms with E-state index in [9.17, 15) is 9.18 Å². The van der Waals surface area contributed by atoms with Crippen LogP contribution in [0.3, 0.4) is 0 Å². The van der Waals surface area contributed by atoms with Gasteiger partial charge in [0, 0.05) is 33.2 Å². The van der Waals surface area contributed by atoms with Crippen LogP contribution in [0.5, 0.6) is 0 Å². The lowest BCUT2D eigenvalue weighted by atomic mass is 10.2. The summed E-state index contributed by atoms with van der Waals surface area (Å²) in [5.74, 6) is 0.354. The van der Waals surface area contributed by atoms with Crippen molar-refractivity contribution in [2.45, 2.75) is 0 Å². The molecule has 1 amide bonds. The van der Waals surface area contributed by atoms with Crippen molar-refractivity contribution in [3.05, 3.63) is 54.0 Å². The zero-order valence-corrected chi connectivity index (χ0v) is 13.0. The molecule has 0 bridgehead atoms. The zero-order valence-electron chi connectivity index (χ0n) is 13.0. The zero-order chi connectivity index (χ0) is 16.2. The topological polar surface area (TPSA) is 48.5 Å². The number of anilines is 2. The number of hydrogen-bond donors (Lipinski definition) is 1. The average molecular weight is 314 g/mol. The first-order valence-corrected chi connectivity index (χ1v) is 7.62. The molecule has 0 spiro atoms. The van der Waals surface area contributed by atoms with Gasteiger partial charge in [-0.05, 0) is 24.3 Å². The molecule has 1 N–H and O–H groups in total. The SMILES string of the molecule is CNc1cccc(C(=O)N2CCN(c3ccccc3F)CC2)n1. The van der Waals surface area contributed by atoms with Crippen molar-refractivity contribution in [1.82, 2.24) is 9.88 Å². The Morgan fingerprint density at radius 1 is 1.09 bits per heavy atom. The number of pyridine rings is 1. The number of nitrogens with zero attached hydrogens (tertiary/aromatic N) is 3. The van der Waals surface area contributed by atoms with Crippen molar-refractivity contribution in [3.8, 4) is 0 Å². The van der Waals surface area contributed by atoms with Gasteiger partial charge in [0.15, 0.2) is 0 Å². The van der Waals surface area contributed by atoms with Gasteiger partial charge in [0.2, 0.25) is 0 Å². The maximum Gasteiger partial charge on any atom is 0.272 e. The van der Waals surface area contributed by atoms with Crippen LogP contribution < -0.4 is 10.2 Å². The molecule has 6 heteroatoms. The van der Waals surface area contributed by atoms with Gasteiger partial charge in [0.25, 0.3) is 5.91 Å². The maximum absolute atomic E-state index is 13.8. The van der Waals surface area contributed by atoms with Crippen LogP contribution in [0, 0.1) is 5.82 Å². The standard InChI is InChI=1S/C17H19FN4O/c1-19-16-8-4-6-14(20-16)17(23)22-11-9-21(10-12-22)15-7-3-2-5-13(15)18/h2-8H,9-12H2,1H3,(H,19,20). The molecule has 1 aromatic heterocycles. The van der Waals surface area contributed by atoms with Gasteiger partial charge in [-0.25, -0.2) is 9.37 Å². The highest BCUT2D eigenvalue weighted by molar-refractivity contribution is 5.92. The molecule has 0 radical (unpaired) electrons. The van der Waals surface area contributed by atoms with Gasteiger partial charge in [-0.3, -0.25) is 4.79 Å². The second-order valence-electron chi connectivity index (χ2n) is 5.39. The van der Waals surface area contributed by atoms with E-state index in [4.69, 9.17) is 0 Å². The third-order valence-electron chi connectivity index (χ3n) is 3.98. The molecule has 1 aliphatic heterocycles. The lowest BCUT2D eigenvalue weighted by Crippen LogP contribution is -2.49. The van der Waals surface area contributed by atoms with Crippen LogP contribution in [-0.2, 0) is 0 Å². The normalized spacial score (nSPS) is 14.7. The summed E-state index contributed by atoms with van der Waals surface area (Å²) in [4.78, 5) is 20.5. The van der Waals surface area contributed by atoms with E-state index in [1.807, 2.05) is 23.1 Å². The van der Waals surface area contributed by atoms with E-state index in [-0.39, 0.29) is 11.7 Å². The predicted octanol–water partition coefficient (Wildman–Crippen LogP) is 2.22. The first-order valence-electron chi connectivity index (χ1n) is 7.62. The highest BCUT2D eigenvalue weighted by Crippen LogP contribution is 2.20. The average Bonchev–Trinajstić information content (AvgIpc) is 2.62. The molecule has 1 aliphatic rings. The highest BCUT2D eigenvalue weighted by Gasteiger charge is 2.24. The Balaban J connectivity index is 1.66. The third-order valence-corrected chi connectivity index (χ3v) is 3.98. The van der Waals surface area contributed by atoms with Crippen molar-refractivity contribution >= 4 is 17.4 Å². The fraction of sp³-hybridized carbons (Fsp3) is 0.294. The van der Waals surface area contributed by atoms with Crippen LogP contribution in [0.25, 0.3) is 0 Å². The first-order chi connectivity index (χ1) is 11.2. The molecule has 1 saturated heterocycles. The number of benzene rings is 1. The van der Waals surface area contributed by atoms with Gasteiger partial charge in [-0.1, -0.05) is 18.2 Å². The molecule has 0 atom stereocenters. The van der Waals surface area contributed by atoms with Crippen molar-refractivity contribution in [3.63, 3.8) is 0 Å². The molecule has 5 nitrogen and oxygen atoms in total. The van der Waals surface area contributed by atoms with E-state index in [2.05, 4.69) is 10.3 Å². The summed E-state index contributed by atoms with van der Waals surface area (Å²) < 4.78 is 13.8. The molecule has 120 valence electrons. The minimum absolute atomic E-state index is 0.0877. The van der Waals surface area contributed by atoms with Crippen LogP contribution in [0.2, 0.25) is 0 Å². The number of para-hydroxylation sites is 1. The molecule has 2 heterocycles. The van der Waals surface area contributed by atoms with Gasteiger partial charge in [0.1, 0.15) is 17.3 Å². The molecule has 2 aromatic rings. The summed E-state index contributed by atoms with van der Waals surface area (Å²) in [5.41, 5.74) is 1.02. The van der Waals surface area contributed by atoms with E-state index in [0.29, 0.717) is 43.4 Å². The number of halogens is 1. The summed E-state index contributed by atoms with van der Waals surface area (Å²) in [6.45, 7) is 2.33. The number of piperazine rings is 1. The Morgan fingerprint density at radius 2 is 1.83 bits per heavy atom. The van der Waals surface area contributed by atoms with Gasteiger partial charge in [-0.15, -0.1) is 0 Å². The summed E-state index contributed by atoms with van der Waals surface area (Å²) in [6, 6.07) is 12.1. The highest BCUT2D eigenvalue weighted by atomic mass is 19.1. The van der Waals surface area contributed by atoms with Crippen LogP contribution in [0.1, 0.15) is 10.5 Å². The molecule has 1 aromatic carbocycles. The number of aromatic nitrogens is 1. The van der Waals surface area contributed by atoms with Crippen molar-refractivity contribution < 1.29 is 9.18 Å². The summed E-state index contributed by atoms with van der Waals surface area (Å²) >= 11 is 0. The van der Waals surface area contributed by atoms with Crippen LogP contribution in [-0.4, -0.2) is 49.0 Å². The fourth-order valence-electron chi connectivity index (χ4n) is 2.71. The maximum atomic E-state index is 13.8. The molecule has 0 unspecified atom stereocenters. The number of hydrogen-bond acceptors (Lipinski definition) is 4. The van der Waals surface area contributed by atoms with Crippen molar-refractivity contribution in [1.29, 1.82) is 0 Å². The second-order valence-corrected chi connectivity index (χ2v) is 5.39. The molecule has 1 fully saturated rings. The lowest BCUT2D eigenvalue weighted by Gasteiger charge is -2.36. The molecular formula is C17H19FN4O. The lowest BCUT2D eigenvalue weighted by molar-refractivity contribution is 0.0741. The Kier molecular flexibility index (Phi) is 4.41. The summed E-state index contributed by atoms with van der Waals surface area (Å²) in [6.07, 6.45) is 0. The largest absolute Gasteiger partial charge is 0.373 e. The molecular weight excluding hydrogens is 295 g/mol. The van der Waals surface area contributed by atoms with Gasteiger partial charge < -0.3 is 15.1 Å². The van der Waals surface area contributed by atoms with Crippen molar-refractivity contribution in [2.24, 2.45) is 0 Å². The fourth-order valence-corrected chi connectivity index (χ4v) is 2.71. The van der Waals surface area contributed by atoms with Gasteiger partial charge in [0.05, 0.1) is 5.69 Å². The minimum atomic E-state index is -0.226. The Hall–Kier alpha value is -2.63. The van der Waals surface area contributed by atoms with Gasteiger partial charge in [-0.2, -0.15) is 0 Å². The Bertz CT molecular complexity index is 698. The second kappa shape index (κ2) is 6.64. The van der Waals surface area contributed by atoms with Crippen LogP contribution >= 0.6 is 0 Å². The van der Waals surface area contributed by atoms with E-state index in [1.54, 1.807) is 30.1 Å². The van der Waals surface area contributed by atoms with Crippen LogP contribution in [0.15, 0.2) is 42.5 Å². The van der Waals surface area contributed by atoms with E-state index < -0.39 is 0 Å². The summed E-state index contributed by atoms with van der Waals surface area (Å²) in [7, 11) is 1.77. The summed E-state index contributed by atoms with van der Waals surface area (Å²) in [5, 5.41) is 2.93. The Morgan fingerprint density at radius 3 is 2.52 bits per heavy atom.